The lowest BCUT2D eigenvalue weighted by molar-refractivity contribution is -0.384. The normalized spacial score (nSPS) is 16.2. The number of allylic oxidation sites excluding steroid dienone is 2. The van der Waals surface area contributed by atoms with Crippen LogP contribution in [0.4, 0.5) is 5.69 Å². The number of hydrogen-bond donors (Lipinski definition) is 0. The molecule has 3 aromatic carbocycles. The number of carbonyl (C=O) groups is 1. The average molecular weight is 536 g/mol. The molecule has 1 atom stereocenters. The van der Waals surface area contributed by atoms with Gasteiger partial charge in [0.1, 0.15) is 0 Å². The molecule has 190 valence electrons. The van der Waals surface area contributed by atoms with E-state index in [-0.39, 0.29) is 11.1 Å². The number of non-ortho nitro benzene ring substituents is 1. The fourth-order valence-corrected chi connectivity index (χ4v) is 4.57. The highest BCUT2D eigenvalue weighted by atomic mass is 35.5. The number of ether oxygens (including phenoxy) is 1. The van der Waals surface area contributed by atoms with Crippen LogP contribution >= 0.6 is 23.2 Å². The van der Waals surface area contributed by atoms with Crippen molar-refractivity contribution in [2.24, 2.45) is 11.3 Å². The molecule has 7 heteroatoms. The molecule has 0 bridgehead atoms. The molecule has 37 heavy (non-hydrogen) atoms. The zero-order valence-electron chi connectivity index (χ0n) is 20.2. The summed E-state index contributed by atoms with van der Waals surface area (Å²) in [6.45, 7) is 0.316. The molecule has 5 nitrogen and oxygen atoms in total. The molecule has 1 aliphatic rings. The first-order valence-electron chi connectivity index (χ1n) is 12.2. The molecule has 0 aromatic heterocycles. The highest BCUT2D eigenvalue weighted by Gasteiger charge is 2.49. The first-order valence-corrected chi connectivity index (χ1v) is 12.9. The zero-order chi connectivity index (χ0) is 26.3. The second kappa shape index (κ2) is 12.2. The second-order valence-electron chi connectivity index (χ2n) is 9.22. The quantitative estimate of drug-likeness (QED) is 0.106. The molecule has 0 radical (unpaired) electrons. The van der Waals surface area contributed by atoms with Crippen LogP contribution in [0, 0.1) is 21.4 Å². The van der Waals surface area contributed by atoms with E-state index >= 15 is 0 Å². The molecule has 1 fully saturated rings. The Hall–Kier alpha value is -3.41. The van der Waals surface area contributed by atoms with Gasteiger partial charge in [0.05, 0.1) is 17.1 Å². The third-order valence-electron chi connectivity index (χ3n) is 6.61. The molecule has 1 saturated carbocycles. The van der Waals surface area contributed by atoms with Crippen molar-refractivity contribution in [3.05, 3.63) is 122 Å². The van der Waals surface area contributed by atoms with Crippen LogP contribution in [0.1, 0.15) is 47.2 Å². The van der Waals surface area contributed by atoms with E-state index in [0.29, 0.717) is 28.1 Å². The summed E-state index contributed by atoms with van der Waals surface area (Å²) in [5, 5.41) is 12.2. The minimum atomic E-state index is -0.498. The Bertz CT molecular complexity index is 1230. The van der Waals surface area contributed by atoms with Gasteiger partial charge >= 0.3 is 5.97 Å². The van der Waals surface area contributed by atoms with E-state index in [0.717, 1.165) is 36.8 Å². The van der Waals surface area contributed by atoms with Crippen molar-refractivity contribution < 1.29 is 14.5 Å². The molecular formula is C30H27Cl2NO4. The topological polar surface area (TPSA) is 69.4 Å². The minimum absolute atomic E-state index is 0.0191. The van der Waals surface area contributed by atoms with Gasteiger partial charge < -0.3 is 4.74 Å². The Morgan fingerprint density at radius 3 is 1.95 bits per heavy atom. The van der Waals surface area contributed by atoms with Gasteiger partial charge in [0.25, 0.3) is 5.69 Å². The smallest absolute Gasteiger partial charge is 0.338 e. The summed E-state index contributed by atoms with van der Waals surface area (Å²) < 4.78 is 5.35. The number of nitrogens with zero attached hydrogens (tertiary/aromatic N) is 1. The number of carbonyl (C=O) groups excluding carboxylic acids is 1. The van der Waals surface area contributed by atoms with E-state index in [2.05, 4.69) is 24.3 Å². The van der Waals surface area contributed by atoms with Crippen molar-refractivity contribution in [3.63, 3.8) is 0 Å². The van der Waals surface area contributed by atoms with E-state index in [4.69, 9.17) is 27.9 Å². The van der Waals surface area contributed by atoms with Gasteiger partial charge in [-0.1, -0.05) is 71.8 Å². The number of halogens is 2. The van der Waals surface area contributed by atoms with Crippen LogP contribution in [0.5, 0.6) is 0 Å². The van der Waals surface area contributed by atoms with Crippen LogP contribution in [0.25, 0.3) is 12.2 Å². The second-order valence-corrected chi connectivity index (χ2v) is 10.1. The van der Waals surface area contributed by atoms with Crippen molar-refractivity contribution in [2.45, 2.75) is 25.7 Å². The van der Waals surface area contributed by atoms with Gasteiger partial charge in [0.15, 0.2) is 0 Å². The highest BCUT2D eigenvalue weighted by Crippen LogP contribution is 2.58. The first kappa shape index (κ1) is 26.6. The Kier molecular flexibility index (Phi) is 8.80. The molecule has 0 saturated heterocycles. The standard InChI is InChI=1S/C30H27Cl2NO4/c31-26-10-4-22(5-11-26)16-18-30(19-17-23-6-12-27(32)13-7-23)21-25(30)3-1-2-20-37-29(34)24-8-14-28(15-9-24)33(35)36/h4-19,25H,1-3,20-21H2/b18-16+,19-17+. The SMILES string of the molecule is O=C(OCCCCC1CC1(/C=C/c1ccc(Cl)cc1)/C=C/c1ccc(Cl)cc1)c1ccc([N+](=O)[O-])cc1. The van der Waals surface area contributed by atoms with Gasteiger partial charge in [-0.25, -0.2) is 4.79 Å². The molecule has 4 rings (SSSR count). The summed E-state index contributed by atoms with van der Waals surface area (Å²) in [6.07, 6.45) is 12.6. The maximum absolute atomic E-state index is 12.2. The maximum Gasteiger partial charge on any atom is 0.338 e. The third-order valence-corrected chi connectivity index (χ3v) is 7.11. The Morgan fingerprint density at radius 1 is 0.892 bits per heavy atom. The summed E-state index contributed by atoms with van der Waals surface area (Å²) in [4.78, 5) is 22.4. The molecule has 0 N–H and O–H groups in total. The summed E-state index contributed by atoms with van der Waals surface area (Å²) in [6, 6.07) is 21.0. The number of benzene rings is 3. The van der Waals surface area contributed by atoms with Crippen LogP contribution in [0.15, 0.2) is 84.9 Å². The predicted octanol–water partition coefficient (Wildman–Crippen LogP) is 8.66. The summed E-state index contributed by atoms with van der Waals surface area (Å²) in [7, 11) is 0. The van der Waals surface area contributed by atoms with E-state index in [1.807, 2.05) is 48.5 Å². The van der Waals surface area contributed by atoms with E-state index in [1.54, 1.807) is 0 Å². The van der Waals surface area contributed by atoms with Gasteiger partial charge in [-0.05, 0) is 79.1 Å². The van der Waals surface area contributed by atoms with Gasteiger partial charge in [-0.3, -0.25) is 10.1 Å². The largest absolute Gasteiger partial charge is 0.462 e. The summed E-state index contributed by atoms with van der Waals surface area (Å²) in [5.41, 5.74) is 2.44. The third kappa shape index (κ3) is 7.54. The number of nitro groups is 1. The highest BCUT2D eigenvalue weighted by molar-refractivity contribution is 6.30. The zero-order valence-corrected chi connectivity index (χ0v) is 21.7. The minimum Gasteiger partial charge on any atom is -0.462 e. The molecule has 0 spiro atoms. The molecule has 3 aromatic rings. The lowest BCUT2D eigenvalue weighted by Crippen LogP contribution is -2.06. The first-order chi connectivity index (χ1) is 17.8. The fraction of sp³-hybridized carbons (Fsp3) is 0.233. The molecule has 0 heterocycles. The van der Waals surface area contributed by atoms with Crippen LogP contribution in [-0.2, 0) is 4.74 Å². The van der Waals surface area contributed by atoms with Gasteiger partial charge in [0, 0.05) is 27.6 Å². The van der Waals surface area contributed by atoms with Crippen LogP contribution in [0.2, 0.25) is 10.0 Å². The van der Waals surface area contributed by atoms with Gasteiger partial charge in [-0.15, -0.1) is 0 Å². The van der Waals surface area contributed by atoms with Crippen molar-refractivity contribution in [1.29, 1.82) is 0 Å². The number of rotatable bonds is 11. The summed E-state index contributed by atoms with van der Waals surface area (Å²) in [5.74, 6) is 0.0393. The van der Waals surface area contributed by atoms with E-state index in [9.17, 15) is 14.9 Å². The number of hydrogen-bond acceptors (Lipinski definition) is 4. The van der Waals surface area contributed by atoms with Crippen LogP contribution in [0.3, 0.4) is 0 Å². The van der Waals surface area contributed by atoms with Crippen molar-refractivity contribution in [1.82, 2.24) is 0 Å². The van der Waals surface area contributed by atoms with Gasteiger partial charge in [0.2, 0.25) is 0 Å². The van der Waals surface area contributed by atoms with Crippen LogP contribution < -0.4 is 0 Å². The lowest BCUT2D eigenvalue weighted by Gasteiger charge is -2.09. The Morgan fingerprint density at radius 2 is 1.43 bits per heavy atom. The number of esters is 1. The van der Waals surface area contributed by atoms with E-state index < -0.39 is 10.9 Å². The van der Waals surface area contributed by atoms with Crippen LogP contribution in [-0.4, -0.2) is 17.5 Å². The Labute approximate surface area is 226 Å². The monoisotopic (exact) mass is 535 g/mol. The molecule has 0 amide bonds. The average Bonchev–Trinajstić information content (AvgIpc) is 3.60. The Balaban J connectivity index is 1.30. The van der Waals surface area contributed by atoms with Crippen molar-refractivity contribution in [2.75, 3.05) is 6.61 Å². The maximum atomic E-state index is 12.2. The summed E-state index contributed by atoms with van der Waals surface area (Å²) >= 11 is 12.0. The predicted molar refractivity (Wildman–Crippen MR) is 149 cm³/mol. The van der Waals surface area contributed by atoms with Crippen molar-refractivity contribution >= 4 is 47.0 Å². The van der Waals surface area contributed by atoms with Crippen molar-refractivity contribution in [3.8, 4) is 0 Å². The molecule has 1 unspecified atom stereocenters. The fourth-order valence-electron chi connectivity index (χ4n) is 4.31. The lowest BCUT2D eigenvalue weighted by atomic mass is 9.97. The number of unbranched alkanes of at least 4 members (excludes halogenated alkanes) is 1. The van der Waals surface area contributed by atoms with E-state index in [1.165, 1.54) is 24.3 Å². The van der Waals surface area contributed by atoms with Gasteiger partial charge in [-0.2, -0.15) is 0 Å². The molecule has 0 aliphatic heterocycles. The molecule has 1 aliphatic carbocycles. The number of nitro benzene ring substituents is 1. The molecular weight excluding hydrogens is 509 g/mol.